The summed E-state index contributed by atoms with van der Waals surface area (Å²) < 4.78 is 2.22. The summed E-state index contributed by atoms with van der Waals surface area (Å²) in [6, 6.07) is 0. The van der Waals surface area contributed by atoms with Crippen LogP contribution in [0.3, 0.4) is 0 Å². The molecule has 1 heterocycles. The topological polar surface area (TPSA) is 17.8 Å². The standard InChI is InChI=1S/C10H18N2S/c1-4-9-8-11-10(12(9)3)6-7-13-5-2/h8H,4-7H2,1-3H3. The van der Waals surface area contributed by atoms with Gasteiger partial charge < -0.3 is 4.57 Å². The molecule has 2 nitrogen and oxygen atoms in total. The van der Waals surface area contributed by atoms with Gasteiger partial charge in [0.1, 0.15) is 5.82 Å². The lowest BCUT2D eigenvalue weighted by Gasteiger charge is -2.03. The normalized spacial score (nSPS) is 10.7. The van der Waals surface area contributed by atoms with Gasteiger partial charge in [-0.25, -0.2) is 4.98 Å². The van der Waals surface area contributed by atoms with Crippen LogP contribution in [0.25, 0.3) is 0 Å². The fourth-order valence-corrected chi connectivity index (χ4v) is 1.97. The molecular formula is C10H18N2S. The quantitative estimate of drug-likeness (QED) is 0.676. The highest BCUT2D eigenvalue weighted by Crippen LogP contribution is 2.07. The molecule has 13 heavy (non-hydrogen) atoms. The molecule has 0 amide bonds. The molecule has 1 rings (SSSR count). The molecule has 0 unspecified atom stereocenters. The van der Waals surface area contributed by atoms with Crippen LogP contribution in [0.4, 0.5) is 0 Å². The molecule has 0 fully saturated rings. The first-order valence-electron chi connectivity index (χ1n) is 4.86. The molecule has 1 aromatic rings. The van der Waals surface area contributed by atoms with Crippen LogP contribution >= 0.6 is 11.8 Å². The van der Waals surface area contributed by atoms with Crippen LogP contribution in [0.1, 0.15) is 25.4 Å². The summed E-state index contributed by atoms with van der Waals surface area (Å²) in [6.07, 6.45) is 4.16. The van der Waals surface area contributed by atoms with E-state index in [-0.39, 0.29) is 0 Å². The van der Waals surface area contributed by atoms with E-state index in [0.29, 0.717) is 0 Å². The molecule has 74 valence electrons. The lowest BCUT2D eigenvalue weighted by atomic mass is 10.4. The third kappa shape index (κ3) is 2.76. The zero-order valence-corrected chi connectivity index (χ0v) is 9.52. The van der Waals surface area contributed by atoms with E-state index in [1.807, 2.05) is 18.0 Å². The van der Waals surface area contributed by atoms with Gasteiger partial charge in [-0.15, -0.1) is 0 Å². The maximum atomic E-state index is 4.41. The Labute approximate surface area is 84.7 Å². The highest BCUT2D eigenvalue weighted by Gasteiger charge is 2.03. The summed E-state index contributed by atoms with van der Waals surface area (Å²) in [7, 11) is 2.11. The average Bonchev–Trinajstić information content (AvgIpc) is 2.48. The van der Waals surface area contributed by atoms with Gasteiger partial charge in [0.15, 0.2) is 0 Å². The summed E-state index contributed by atoms with van der Waals surface area (Å²) in [5.41, 5.74) is 1.33. The fourth-order valence-electron chi connectivity index (χ4n) is 1.36. The van der Waals surface area contributed by atoms with E-state index in [9.17, 15) is 0 Å². The Hall–Kier alpha value is -0.440. The Morgan fingerprint density at radius 1 is 1.46 bits per heavy atom. The van der Waals surface area contributed by atoms with Crippen molar-refractivity contribution in [3.63, 3.8) is 0 Å². The second kappa shape index (κ2) is 5.32. The lowest BCUT2D eigenvalue weighted by molar-refractivity contribution is 0.767. The number of aromatic nitrogens is 2. The van der Waals surface area contributed by atoms with Crippen molar-refractivity contribution in [2.45, 2.75) is 26.7 Å². The van der Waals surface area contributed by atoms with Crippen LogP contribution in [0.2, 0.25) is 0 Å². The van der Waals surface area contributed by atoms with Crippen molar-refractivity contribution in [3.8, 4) is 0 Å². The minimum absolute atomic E-state index is 1.07. The first-order valence-corrected chi connectivity index (χ1v) is 6.02. The molecule has 0 radical (unpaired) electrons. The van der Waals surface area contributed by atoms with Gasteiger partial charge in [-0.2, -0.15) is 11.8 Å². The monoisotopic (exact) mass is 198 g/mol. The second-order valence-electron chi connectivity index (χ2n) is 3.03. The van der Waals surface area contributed by atoms with Crippen molar-refractivity contribution >= 4 is 11.8 Å². The Morgan fingerprint density at radius 3 is 2.77 bits per heavy atom. The van der Waals surface area contributed by atoms with Crippen LogP contribution in [-0.2, 0) is 19.9 Å². The van der Waals surface area contributed by atoms with E-state index in [2.05, 4.69) is 30.4 Å². The molecule has 0 atom stereocenters. The number of hydrogen-bond donors (Lipinski definition) is 0. The van der Waals surface area contributed by atoms with E-state index in [0.717, 1.165) is 12.8 Å². The second-order valence-corrected chi connectivity index (χ2v) is 4.42. The Bertz CT molecular complexity index is 255. The molecule has 1 aromatic heterocycles. The molecule has 0 aromatic carbocycles. The number of thioether (sulfide) groups is 1. The minimum atomic E-state index is 1.07. The van der Waals surface area contributed by atoms with Gasteiger partial charge >= 0.3 is 0 Å². The van der Waals surface area contributed by atoms with Gasteiger partial charge in [0.25, 0.3) is 0 Å². The molecule has 0 aliphatic heterocycles. The van der Waals surface area contributed by atoms with Crippen molar-refractivity contribution in [2.24, 2.45) is 7.05 Å². The fraction of sp³-hybridized carbons (Fsp3) is 0.700. The zero-order valence-electron chi connectivity index (χ0n) is 8.71. The SMILES string of the molecule is CCSCCc1ncc(CC)n1C. The zero-order chi connectivity index (χ0) is 9.68. The maximum absolute atomic E-state index is 4.41. The molecule has 0 spiro atoms. The molecule has 0 bridgehead atoms. The summed E-state index contributed by atoms with van der Waals surface area (Å²) in [6.45, 7) is 4.36. The molecule has 0 N–H and O–H groups in total. The molecule has 0 saturated heterocycles. The van der Waals surface area contributed by atoms with Gasteiger partial charge in [-0.1, -0.05) is 13.8 Å². The summed E-state index contributed by atoms with van der Waals surface area (Å²) in [4.78, 5) is 4.41. The largest absolute Gasteiger partial charge is 0.335 e. The molecule has 0 aliphatic carbocycles. The summed E-state index contributed by atoms with van der Waals surface area (Å²) in [5.74, 6) is 3.60. The number of hydrogen-bond acceptors (Lipinski definition) is 2. The van der Waals surface area contributed by atoms with E-state index in [4.69, 9.17) is 0 Å². The first-order chi connectivity index (χ1) is 6.29. The minimum Gasteiger partial charge on any atom is -0.335 e. The van der Waals surface area contributed by atoms with Crippen molar-refractivity contribution in [1.29, 1.82) is 0 Å². The Kier molecular flexibility index (Phi) is 4.36. The van der Waals surface area contributed by atoms with Crippen molar-refractivity contribution in [2.75, 3.05) is 11.5 Å². The molecule has 0 saturated carbocycles. The van der Waals surface area contributed by atoms with Crippen LogP contribution in [-0.4, -0.2) is 21.1 Å². The molecular weight excluding hydrogens is 180 g/mol. The van der Waals surface area contributed by atoms with Crippen LogP contribution in [0.15, 0.2) is 6.20 Å². The number of aryl methyl sites for hydroxylation is 2. The third-order valence-corrected chi connectivity index (χ3v) is 3.12. The van der Waals surface area contributed by atoms with Crippen molar-refractivity contribution < 1.29 is 0 Å². The van der Waals surface area contributed by atoms with Crippen LogP contribution in [0.5, 0.6) is 0 Å². The van der Waals surface area contributed by atoms with Crippen molar-refractivity contribution in [1.82, 2.24) is 9.55 Å². The number of imidazole rings is 1. The van der Waals surface area contributed by atoms with Crippen LogP contribution < -0.4 is 0 Å². The van der Waals surface area contributed by atoms with E-state index >= 15 is 0 Å². The van der Waals surface area contributed by atoms with E-state index in [1.54, 1.807) is 0 Å². The van der Waals surface area contributed by atoms with Gasteiger partial charge in [-0.3, -0.25) is 0 Å². The maximum Gasteiger partial charge on any atom is 0.109 e. The van der Waals surface area contributed by atoms with E-state index in [1.165, 1.54) is 23.0 Å². The van der Waals surface area contributed by atoms with Crippen molar-refractivity contribution in [3.05, 3.63) is 17.7 Å². The van der Waals surface area contributed by atoms with Gasteiger partial charge in [0.2, 0.25) is 0 Å². The number of nitrogens with zero attached hydrogens (tertiary/aromatic N) is 2. The van der Waals surface area contributed by atoms with Gasteiger partial charge in [0, 0.05) is 31.1 Å². The van der Waals surface area contributed by atoms with Gasteiger partial charge in [-0.05, 0) is 12.2 Å². The molecule has 3 heteroatoms. The highest BCUT2D eigenvalue weighted by atomic mass is 32.2. The predicted octanol–water partition coefficient (Wildman–Crippen LogP) is 2.28. The Balaban J connectivity index is 2.51. The smallest absolute Gasteiger partial charge is 0.109 e. The van der Waals surface area contributed by atoms with Crippen LogP contribution in [0, 0.1) is 0 Å². The number of rotatable bonds is 5. The van der Waals surface area contributed by atoms with E-state index < -0.39 is 0 Å². The predicted molar refractivity (Wildman–Crippen MR) is 59.3 cm³/mol. The summed E-state index contributed by atoms with van der Waals surface area (Å²) in [5, 5.41) is 0. The first kappa shape index (κ1) is 10.6. The highest BCUT2D eigenvalue weighted by molar-refractivity contribution is 7.99. The lowest BCUT2D eigenvalue weighted by Crippen LogP contribution is -2.02. The summed E-state index contributed by atoms with van der Waals surface area (Å²) >= 11 is 1.98. The third-order valence-electron chi connectivity index (χ3n) is 2.22. The van der Waals surface area contributed by atoms with Gasteiger partial charge in [0.05, 0.1) is 0 Å². The Morgan fingerprint density at radius 2 is 2.23 bits per heavy atom. The average molecular weight is 198 g/mol. The molecule has 0 aliphatic rings.